The minimum absolute atomic E-state index is 0.0617. The first-order valence-corrected chi connectivity index (χ1v) is 9.97. The second-order valence-corrected chi connectivity index (χ2v) is 6.82. The predicted octanol–water partition coefficient (Wildman–Crippen LogP) is 4.05. The zero-order valence-corrected chi connectivity index (χ0v) is 17.9. The number of rotatable bonds is 10. The molecule has 1 heterocycles. The molecule has 1 aromatic carbocycles. The Kier molecular flexibility index (Phi) is 8.52. The van der Waals surface area contributed by atoms with Gasteiger partial charge in [0.15, 0.2) is 11.5 Å². The summed E-state index contributed by atoms with van der Waals surface area (Å²) >= 11 is 0. The van der Waals surface area contributed by atoms with Crippen molar-refractivity contribution in [1.29, 1.82) is 0 Å². The van der Waals surface area contributed by atoms with Crippen LogP contribution < -0.4 is 19.7 Å². The third-order valence-corrected chi connectivity index (χ3v) is 4.34. The minimum Gasteiger partial charge on any atom is -0.493 e. The molecule has 6 heteroatoms. The third-order valence-electron chi connectivity index (χ3n) is 4.34. The maximum absolute atomic E-state index is 12.1. The standard InChI is InChI=1S/C23H31N3O3/c1-6-26(7-2)22-12-9-19(15-24-22)16-25-23(27)13-10-18-8-11-20(29-17(3)4)21(14-18)28-5/h8-15,17H,6-7,16H2,1-5H3,(H,25,27)/b13-10+. The lowest BCUT2D eigenvalue weighted by Gasteiger charge is -2.19. The van der Waals surface area contributed by atoms with E-state index in [2.05, 4.69) is 29.0 Å². The Labute approximate surface area is 173 Å². The Bertz CT molecular complexity index is 813. The third kappa shape index (κ3) is 6.82. The van der Waals surface area contributed by atoms with Gasteiger partial charge in [0, 0.05) is 31.9 Å². The zero-order valence-electron chi connectivity index (χ0n) is 17.9. The van der Waals surface area contributed by atoms with Crippen LogP contribution in [0.4, 0.5) is 5.82 Å². The molecular weight excluding hydrogens is 366 g/mol. The number of anilines is 1. The molecule has 0 saturated heterocycles. The van der Waals surface area contributed by atoms with Crippen LogP contribution in [0.15, 0.2) is 42.6 Å². The summed E-state index contributed by atoms with van der Waals surface area (Å²) in [4.78, 5) is 18.8. The molecular formula is C23H31N3O3. The van der Waals surface area contributed by atoms with E-state index >= 15 is 0 Å². The lowest BCUT2D eigenvalue weighted by Crippen LogP contribution is -2.23. The van der Waals surface area contributed by atoms with Crippen LogP contribution in [0.3, 0.4) is 0 Å². The van der Waals surface area contributed by atoms with E-state index in [1.807, 2.05) is 44.2 Å². The van der Waals surface area contributed by atoms with Crippen molar-refractivity contribution in [3.05, 3.63) is 53.7 Å². The maximum Gasteiger partial charge on any atom is 0.244 e. The van der Waals surface area contributed by atoms with Crippen molar-refractivity contribution in [1.82, 2.24) is 10.3 Å². The Morgan fingerprint density at radius 2 is 1.93 bits per heavy atom. The molecule has 0 fully saturated rings. The highest BCUT2D eigenvalue weighted by atomic mass is 16.5. The fourth-order valence-electron chi connectivity index (χ4n) is 2.82. The number of amides is 1. The average molecular weight is 398 g/mol. The Balaban J connectivity index is 1.92. The number of hydrogen-bond donors (Lipinski definition) is 1. The molecule has 0 aliphatic heterocycles. The second kappa shape index (κ2) is 11.1. The molecule has 0 spiro atoms. The van der Waals surface area contributed by atoms with Crippen LogP contribution in [0.2, 0.25) is 0 Å². The van der Waals surface area contributed by atoms with Crippen LogP contribution in [-0.4, -0.2) is 37.2 Å². The van der Waals surface area contributed by atoms with Gasteiger partial charge in [-0.05, 0) is 63.1 Å². The zero-order chi connectivity index (χ0) is 21.2. The number of methoxy groups -OCH3 is 1. The molecule has 156 valence electrons. The molecule has 1 aromatic heterocycles. The summed E-state index contributed by atoms with van der Waals surface area (Å²) in [5.74, 6) is 2.11. The smallest absolute Gasteiger partial charge is 0.244 e. The molecule has 0 aliphatic carbocycles. The molecule has 6 nitrogen and oxygen atoms in total. The number of carbonyl (C=O) groups is 1. The normalized spacial score (nSPS) is 11.0. The van der Waals surface area contributed by atoms with Crippen molar-refractivity contribution >= 4 is 17.8 Å². The Morgan fingerprint density at radius 1 is 1.17 bits per heavy atom. The summed E-state index contributed by atoms with van der Waals surface area (Å²) in [6, 6.07) is 9.55. The van der Waals surface area contributed by atoms with E-state index in [9.17, 15) is 4.79 Å². The number of pyridine rings is 1. The van der Waals surface area contributed by atoms with E-state index in [0.717, 1.165) is 30.0 Å². The number of aromatic nitrogens is 1. The summed E-state index contributed by atoms with van der Waals surface area (Å²) in [6.45, 7) is 10.4. The molecule has 0 aliphatic rings. The van der Waals surface area contributed by atoms with Gasteiger partial charge in [-0.15, -0.1) is 0 Å². The highest BCUT2D eigenvalue weighted by Gasteiger charge is 2.07. The van der Waals surface area contributed by atoms with Gasteiger partial charge >= 0.3 is 0 Å². The van der Waals surface area contributed by atoms with Gasteiger partial charge < -0.3 is 19.7 Å². The fraction of sp³-hybridized carbons (Fsp3) is 0.391. The molecule has 1 N–H and O–H groups in total. The molecule has 0 saturated carbocycles. The van der Waals surface area contributed by atoms with Crippen LogP contribution >= 0.6 is 0 Å². The van der Waals surface area contributed by atoms with Crippen LogP contribution in [0.5, 0.6) is 11.5 Å². The van der Waals surface area contributed by atoms with Crippen LogP contribution in [0, 0.1) is 0 Å². The Hall–Kier alpha value is -3.02. The number of carbonyl (C=O) groups excluding carboxylic acids is 1. The van der Waals surface area contributed by atoms with E-state index < -0.39 is 0 Å². The van der Waals surface area contributed by atoms with Crippen molar-refractivity contribution in [3.8, 4) is 11.5 Å². The Morgan fingerprint density at radius 3 is 2.52 bits per heavy atom. The predicted molar refractivity (Wildman–Crippen MR) is 117 cm³/mol. The first-order chi connectivity index (χ1) is 14.0. The van der Waals surface area contributed by atoms with Crippen LogP contribution in [0.1, 0.15) is 38.8 Å². The monoisotopic (exact) mass is 397 g/mol. The fourth-order valence-corrected chi connectivity index (χ4v) is 2.82. The summed E-state index contributed by atoms with van der Waals surface area (Å²) in [5, 5.41) is 2.88. The minimum atomic E-state index is -0.167. The average Bonchev–Trinajstić information content (AvgIpc) is 2.72. The van der Waals surface area contributed by atoms with Gasteiger partial charge in [0.2, 0.25) is 5.91 Å². The molecule has 2 rings (SSSR count). The first-order valence-electron chi connectivity index (χ1n) is 9.97. The number of nitrogens with zero attached hydrogens (tertiary/aromatic N) is 2. The number of hydrogen-bond acceptors (Lipinski definition) is 5. The highest BCUT2D eigenvalue weighted by Crippen LogP contribution is 2.29. The summed E-state index contributed by atoms with van der Waals surface area (Å²) in [7, 11) is 1.60. The van der Waals surface area contributed by atoms with Crippen LogP contribution in [0.25, 0.3) is 6.08 Å². The quantitative estimate of drug-likeness (QED) is 0.613. The lowest BCUT2D eigenvalue weighted by molar-refractivity contribution is -0.116. The van der Waals surface area contributed by atoms with E-state index in [4.69, 9.17) is 9.47 Å². The van der Waals surface area contributed by atoms with Gasteiger partial charge in [0.25, 0.3) is 0 Å². The topological polar surface area (TPSA) is 63.7 Å². The van der Waals surface area contributed by atoms with Gasteiger partial charge in [-0.3, -0.25) is 4.79 Å². The largest absolute Gasteiger partial charge is 0.493 e. The van der Waals surface area contributed by atoms with E-state index in [0.29, 0.717) is 18.0 Å². The number of ether oxygens (including phenoxy) is 2. The first kappa shape index (κ1) is 22.3. The second-order valence-electron chi connectivity index (χ2n) is 6.82. The number of nitrogens with one attached hydrogen (secondary N) is 1. The lowest BCUT2D eigenvalue weighted by atomic mass is 10.2. The summed E-state index contributed by atoms with van der Waals surface area (Å²) in [5.41, 5.74) is 1.82. The van der Waals surface area contributed by atoms with Gasteiger partial charge in [-0.2, -0.15) is 0 Å². The summed E-state index contributed by atoms with van der Waals surface area (Å²) < 4.78 is 11.1. The van der Waals surface area contributed by atoms with Crippen molar-refractivity contribution in [3.63, 3.8) is 0 Å². The van der Waals surface area contributed by atoms with E-state index in [-0.39, 0.29) is 12.0 Å². The van der Waals surface area contributed by atoms with Gasteiger partial charge in [0.05, 0.1) is 13.2 Å². The molecule has 1 amide bonds. The number of benzene rings is 1. The molecule has 0 atom stereocenters. The van der Waals surface area contributed by atoms with Crippen molar-refractivity contribution < 1.29 is 14.3 Å². The molecule has 0 radical (unpaired) electrons. The van der Waals surface area contributed by atoms with E-state index in [1.54, 1.807) is 19.4 Å². The highest BCUT2D eigenvalue weighted by molar-refractivity contribution is 5.91. The SMILES string of the molecule is CCN(CC)c1ccc(CNC(=O)/C=C/c2ccc(OC(C)C)c(OC)c2)cn1. The van der Waals surface area contributed by atoms with Crippen molar-refractivity contribution in [2.75, 3.05) is 25.1 Å². The van der Waals surface area contributed by atoms with E-state index in [1.165, 1.54) is 6.08 Å². The van der Waals surface area contributed by atoms with Gasteiger partial charge in [-0.1, -0.05) is 12.1 Å². The van der Waals surface area contributed by atoms with Crippen molar-refractivity contribution in [2.24, 2.45) is 0 Å². The van der Waals surface area contributed by atoms with Gasteiger partial charge in [-0.25, -0.2) is 4.98 Å². The molecule has 2 aromatic rings. The molecule has 0 unspecified atom stereocenters. The van der Waals surface area contributed by atoms with Gasteiger partial charge in [0.1, 0.15) is 5.82 Å². The van der Waals surface area contributed by atoms with Crippen LogP contribution in [-0.2, 0) is 11.3 Å². The molecule has 29 heavy (non-hydrogen) atoms. The summed E-state index contributed by atoms with van der Waals surface area (Å²) in [6.07, 6.45) is 5.12. The van der Waals surface area contributed by atoms with Crippen molar-refractivity contribution in [2.45, 2.75) is 40.3 Å². The maximum atomic E-state index is 12.1. The molecule has 0 bridgehead atoms.